The maximum absolute atomic E-state index is 14.3. The van der Waals surface area contributed by atoms with Crippen LogP contribution in [-0.2, 0) is 14.4 Å². The number of carbonyl (C=O) groups is 3. The molecule has 0 bridgehead atoms. The van der Waals surface area contributed by atoms with Crippen molar-refractivity contribution in [2.75, 3.05) is 36.0 Å². The number of benzene rings is 1. The summed E-state index contributed by atoms with van der Waals surface area (Å²) < 4.78 is 14.3. The Balaban J connectivity index is 1.56. The molecule has 3 unspecified atom stereocenters. The first-order chi connectivity index (χ1) is 18.3. The van der Waals surface area contributed by atoms with Gasteiger partial charge < -0.3 is 15.1 Å². The molecule has 3 atom stereocenters. The number of rotatable bonds is 8. The maximum atomic E-state index is 14.3. The number of pyridine rings is 1. The molecule has 38 heavy (non-hydrogen) atoms. The second-order valence-electron chi connectivity index (χ2n) is 9.80. The van der Waals surface area contributed by atoms with E-state index in [-0.39, 0.29) is 23.6 Å². The van der Waals surface area contributed by atoms with Crippen molar-refractivity contribution in [3.05, 3.63) is 66.3 Å². The van der Waals surface area contributed by atoms with Crippen molar-refractivity contribution in [2.45, 2.75) is 38.6 Å². The molecule has 2 N–H and O–H groups in total. The summed E-state index contributed by atoms with van der Waals surface area (Å²) >= 11 is 0. The van der Waals surface area contributed by atoms with E-state index in [1.165, 1.54) is 18.3 Å². The van der Waals surface area contributed by atoms with Crippen LogP contribution in [0.5, 0.6) is 0 Å². The second kappa shape index (κ2) is 12.2. The third kappa shape index (κ3) is 6.02. The van der Waals surface area contributed by atoms with Crippen LogP contribution >= 0.6 is 0 Å². The lowest BCUT2D eigenvalue weighted by molar-refractivity contribution is -0.136. The number of aliphatic carboxylic acids is 2. The second-order valence-corrected chi connectivity index (χ2v) is 9.80. The van der Waals surface area contributed by atoms with Crippen molar-refractivity contribution in [1.29, 1.82) is 0 Å². The summed E-state index contributed by atoms with van der Waals surface area (Å²) in [5.41, 5.74) is -0.0559. The average Bonchev–Trinajstić information content (AvgIpc) is 2.93. The first-order valence-corrected chi connectivity index (χ1v) is 12.9. The lowest BCUT2D eigenvalue weighted by atomic mass is 9.74. The van der Waals surface area contributed by atoms with E-state index in [4.69, 9.17) is 0 Å². The summed E-state index contributed by atoms with van der Waals surface area (Å²) in [7, 11) is 0. The minimum atomic E-state index is -1.52. The molecule has 0 radical (unpaired) electrons. The van der Waals surface area contributed by atoms with Gasteiger partial charge in [0.05, 0.1) is 11.8 Å². The monoisotopic (exact) mass is 524 g/mol. The van der Waals surface area contributed by atoms with Crippen molar-refractivity contribution in [3.63, 3.8) is 0 Å². The number of halogens is 1. The maximum Gasteiger partial charge on any atom is 0.353 e. The number of hydrogen-bond donors (Lipinski definition) is 2. The molecule has 1 aromatic carbocycles. The summed E-state index contributed by atoms with van der Waals surface area (Å²) in [6, 6.07) is 11.5. The minimum absolute atomic E-state index is 0.0225. The molecule has 2 fully saturated rings. The molecule has 1 saturated heterocycles. The molecule has 9 nitrogen and oxygen atoms in total. The number of aromatic nitrogens is 1. The van der Waals surface area contributed by atoms with Gasteiger partial charge in [-0.05, 0) is 49.9 Å². The summed E-state index contributed by atoms with van der Waals surface area (Å²) in [6.45, 7) is 4.81. The smallest absolute Gasteiger partial charge is 0.353 e. The zero-order valence-corrected chi connectivity index (χ0v) is 21.4. The molecule has 202 valence electrons. The van der Waals surface area contributed by atoms with E-state index in [1.807, 2.05) is 11.0 Å². The van der Waals surface area contributed by atoms with Gasteiger partial charge in [-0.25, -0.2) is 19.0 Å². The Kier molecular flexibility index (Phi) is 8.73. The van der Waals surface area contributed by atoms with Gasteiger partial charge in [0.2, 0.25) is 5.91 Å². The Bertz CT molecular complexity index is 1180. The fourth-order valence-electron chi connectivity index (χ4n) is 5.74. The predicted octanol–water partition coefficient (Wildman–Crippen LogP) is 3.62. The van der Waals surface area contributed by atoms with Crippen molar-refractivity contribution in [1.82, 2.24) is 9.88 Å². The quantitative estimate of drug-likeness (QED) is 0.504. The minimum Gasteiger partial charge on any atom is -0.478 e. The summed E-state index contributed by atoms with van der Waals surface area (Å²) in [5, 5.41) is 19.1. The molecule has 1 aromatic heterocycles. The Labute approximate surface area is 221 Å². The summed E-state index contributed by atoms with van der Waals surface area (Å²) in [6.07, 6.45) is 5.12. The molecular weight excluding hydrogens is 491 g/mol. The molecule has 2 aliphatic rings. The van der Waals surface area contributed by atoms with Gasteiger partial charge in [-0.15, -0.1) is 0 Å². The first-order valence-electron chi connectivity index (χ1n) is 12.9. The number of amides is 1. The first kappa shape index (κ1) is 27.3. The molecule has 2 aromatic rings. The Morgan fingerprint density at radius 2 is 1.71 bits per heavy atom. The molecule has 10 heteroatoms. The van der Waals surface area contributed by atoms with Crippen molar-refractivity contribution < 1.29 is 29.0 Å². The van der Waals surface area contributed by atoms with Crippen LogP contribution in [0.25, 0.3) is 0 Å². The number of para-hydroxylation sites is 1. The summed E-state index contributed by atoms with van der Waals surface area (Å²) in [5.74, 6) is -4.16. The van der Waals surface area contributed by atoms with Crippen LogP contribution in [0.3, 0.4) is 0 Å². The highest BCUT2D eigenvalue weighted by molar-refractivity contribution is 6.08. The molecule has 1 amide bonds. The fraction of sp³-hybridized carbons (Fsp3) is 0.429. The standard InChI is InChI=1S/C28H33FN4O5/c1-19(31-14-16-32(17-15-31)23-11-5-4-10-22(23)29)20-8-2-3-9-21(20)27(36)33(25-12-6-7-13-30-25)24(28(37)38)18-26(34)35/h4-7,10-13,18-21H,2-3,8-9,14-17H2,1H3,(H,34,35)(H,37,38)/b24-18-. The van der Waals surface area contributed by atoms with E-state index in [9.17, 15) is 29.0 Å². The van der Waals surface area contributed by atoms with Crippen LogP contribution in [0, 0.1) is 17.7 Å². The SMILES string of the molecule is CC(C1CCCCC1C(=O)N(/C(=C\C(=O)O)C(=O)O)c1ccccn1)N1CCN(c2ccccc2F)CC1. The largest absolute Gasteiger partial charge is 0.478 e. The Hall–Kier alpha value is -3.79. The molecule has 1 aliphatic heterocycles. The number of nitrogens with zero attached hydrogens (tertiary/aromatic N) is 4. The van der Waals surface area contributed by atoms with Crippen molar-refractivity contribution in [2.24, 2.45) is 11.8 Å². The molecule has 2 heterocycles. The topological polar surface area (TPSA) is 114 Å². The lowest BCUT2D eigenvalue weighted by Crippen LogP contribution is -2.54. The Morgan fingerprint density at radius 3 is 2.34 bits per heavy atom. The normalized spacial score (nSPS) is 21.5. The van der Waals surface area contributed by atoms with E-state index < -0.39 is 29.5 Å². The fourth-order valence-corrected chi connectivity index (χ4v) is 5.74. The predicted molar refractivity (Wildman–Crippen MR) is 140 cm³/mol. The third-order valence-corrected chi connectivity index (χ3v) is 7.66. The average molecular weight is 525 g/mol. The number of carboxylic acid groups (broad SMARTS) is 2. The highest BCUT2D eigenvalue weighted by Crippen LogP contribution is 2.37. The van der Waals surface area contributed by atoms with Crippen molar-refractivity contribution in [3.8, 4) is 0 Å². The van der Waals surface area contributed by atoms with Crippen LogP contribution in [0.15, 0.2) is 60.4 Å². The highest BCUT2D eigenvalue weighted by atomic mass is 19.1. The van der Waals surface area contributed by atoms with Crippen LogP contribution in [0.2, 0.25) is 0 Å². The molecule has 4 rings (SSSR count). The van der Waals surface area contributed by atoms with Gasteiger partial charge in [0.1, 0.15) is 17.3 Å². The van der Waals surface area contributed by atoms with Gasteiger partial charge in [0, 0.05) is 44.3 Å². The zero-order chi connectivity index (χ0) is 27.2. The van der Waals surface area contributed by atoms with E-state index in [2.05, 4.69) is 16.8 Å². The molecule has 0 spiro atoms. The van der Waals surface area contributed by atoms with E-state index in [0.29, 0.717) is 44.4 Å². The van der Waals surface area contributed by atoms with E-state index in [1.54, 1.807) is 24.3 Å². The number of carboxylic acids is 2. The van der Waals surface area contributed by atoms with Gasteiger partial charge in [-0.1, -0.05) is 31.0 Å². The Morgan fingerprint density at radius 1 is 1.03 bits per heavy atom. The van der Waals surface area contributed by atoms with Crippen LogP contribution in [-0.4, -0.2) is 70.2 Å². The number of anilines is 2. The molecular formula is C28H33FN4O5. The number of piperazine rings is 1. The van der Waals surface area contributed by atoms with Crippen LogP contribution in [0.1, 0.15) is 32.6 Å². The molecule has 1 aliphatic carbocycles. The highest BCUT2D eigenvalue weighted by Gasteiger charge is 2.41. The van der Waals surface area contributed by atoms with Gasteiger partial charge in [0.15, 0.2) is 0 Å². The van der Waals surface area contributed by atoms with E-state index in [0.717, 1.165) is 24.2 Å². The van der Waals surface area contributed by atoms with Gasteiger partial charge in [-0.2, -0.15) is 0 Å². The van der Waals surface area contributed by atoms with Gasteiger partial charge in [-0.3, -0.25) is 14.6 Å². The number of hydrogen-bond acceptors (Lipinski definition) is 6. The van der Waals surface area contributed by atoms with Crippen LogP contribution in [0.4, 0.5) is 15.9 Å². The van der Waals surface area contributed by atoms with E-state index >= 15 is 0 Å². The molecule has 1 saturated carbocycles. The lowest BCUT2D eigenvalue weighted by Gasteiger charge is -2.45. The third-order valence-electron chi connectivity index (χ3n) is 7.66. The zero-order valence-electron chi connectivity index (χ0n) is 21.4. The van der Waals surface area contributed by atoms with Crippen LogP contribution < -0.4 is 9.80 Å². The van der Waals surface area contributed by atoms with Crippen molar-refractivity contribution >= 4 is 29.4 Å². The summed E-state index contributed by atoms with van der Waals surface area (Å²) in [4.78, 5) is 47.0. The van der Waals surface area contributed by atoms with Gasteiger partial charge in [0.25, 0.3) is 0 Å². The van der Waals surface area contributed by atoms with Gasteiger partial charge >= 0.3 is 11.9 Å². The number of carbonyl (C=O) groups excluding carboxylic acids is 1.